The van der Waals surface area contributed by atoms with Gasteiger partial charge in [-0.25, -0.2) is 0 Å². The molecular formula is C15H16. The summed E-state index contributed by atoms with van der Waals surface area (Å²) in [5.74, 6) is 0.675. The highest BCUT2D eigenvalue weighted by Gasteiger charge is 2.24. The van der Waals surface area contributed by atoms with Gasteiger partial charge in [0.1, 0.15) is 0 Å². The van der Waals surface area contributed by atoms with E-state index >= 15 is 0 Å². The maximum atomic E-state index is 2.35. The third kappa shape index (κ3) is 1.54. The second-order valence-corrected chi connectivity index (χ2v) is 4.52. The molecule has 3 rings (SSSR count). The van der Waals surface area contributed by atoms with Crippen molar-refractivity contribution in [2.75, 3.05) is 0 Å². The van der Waals surface area contributed by atoms with Gasteiger partial charge in [0.25, 0.3) is 0 Å². The smallest absolute Gasteiger partial charge is 0.00890 e. The van der Waals surface area contributed by atoms with Crippen LogP contribution in [0.2, 0.25) is 0 Å². The van der Waals surface area contributed by atoms with E-state index in [0.717, 1.165) is 0 Å². The van der Waals surface area contributed by atoms with E-state index in [2.05, 4.69) is 42.5 Å². The van der Waals surface area contributed by atoms with Gasteiger partial charge in [-0.2, -0.15) is 0 Å². The van der Waals surface area contributed by atoms with Crippen molar-refractivity contribution in [1.29, 1.82) is 0 Å². The monoisotopic (exact) mass is 196 g/mol. The van der Waals surface area contributed by atoms with E-state index in [-0.39, 0.29) is 0 Å². The van der Waals surface area contributed by atoms with Crippen LogP contribution in [0.1, 0.15) is 37.2 Å². The number of hydrogen-bond donors (Lipinski definition) is 0. The van der Waals surface area contributed by atoms with Crippen LogP contribution in [-0.4, -0.2) is 0 Å². The van der Waals surface area contributed by atoms with E-state index in [1.54, 1.807) is 11.1 Å². The van der Waals surface area contributed by atoms with Gasteiger partial charge in [-0.3, -0.25) is 0 Å². The lowest BCUT2D eigenvalue weighted by Crippen LogP contribution is -2.07. The van der Waals surface area contributed by atoms with Crippen LogP contribution in [0.4, 0.5) is 0 Å². The Bertz CT molecular complexity index is 409. The third-order valence-corrected chi connectivity index (χ3v) is 3.62. The molecule has 0 aromatic heterocycles. The fraction of sp³-hybridized carbons (Fsp3) is 0.333. The summed E-state index contributed by atoms with van der Waals surface area (Å²) in [6.45, 7) is 0. The van der Waals surface area contributed by atoms with Gasteiger partial charge in [0.05, 0.1) is 0 Å². The van der Waals surface area contributed by atoms with Gasteiger partial charge in [0.2, 0.25) is 0 Å². The van der Waals surface area contributed by atoms with Gasteiger partial charge in [-0.05, 0) is 36.8 Å². The molecule has 2 aliphatic rings. The van der Waals surface area contributed by atoms with E-state index in [0.29, 0.717) is 5.92 Å². The summed E-state index contributed by atoms with van der Waals surface area (Å²) < 4.78 is 0. The van der Waals surface area contributed by atoms with Crippen LogP contribution in [0.25, 0.3) is 0 Å². The predicted molar refractivity (Wildman–Crippen MR) is 63.8 cm³/mol. The second kappa shape index (κ2) is 3.69. The quantitative estimate of drug-likeness (QED) is 0.631. The summed E-state index contributed by atoms with van der Waals surface area (Å²) in [5, 5.41) is 0. The number of rotatable bonds is 1. The zero-order chi connectivity index (χ0) is 10.1. The molecule has 0 aliphatic heterocycles. The first-order chi connectivity index (χ1) is 7.45. The molecule has 1 aromatic carbocycles. The lowest BCUT2D eigenvalue weighted by atomic mass is 9.80. The molecule has 1 atom stereocenters. The summed E-state index contributed by atoms with van der Waals surface area (Å²) in [4.78, 5) is 0. The predicted octanol–water partition coefficient (Wildman–Crippen LogP) is 4.21. The summed E-state index contributed by atoms with van der Waals surface area (Å²) in [6.07, 6.45) is 9.90. The Labute approximate surface area is 91.3 Å². The van der Waals surface area contributed by atoms with Gasteiger partial charge in [-0.15, -0.1) is 0 Å². The summed E-state index contributed by atoms with van der Waals surface area (Å²) in [6, 6.07) is 11.0. The van der Waals surface area contributed by atoms with Gasteiger partial charge >= 0.3 is 0 Å². The number of benzene rings is 1. The Balaban J connectivity index is 1.99. The van der Waals surface area contributed by atoms with E-state index in [1.807, 2.05) is 0 Å². The number of hydrogen-bond acceptors (Lipinski definition) is 0. The van der Waals surface area contributed by atoms with Crippen molar-refractivity contribution in [3.8, 4) is 0 Å². The minimum Gasteiger partial charge on any atom is -0.0802 e. The van der Waals surface area contributed by atoms with Crippen LogP contribution >= 0.6 is 0 Å². The fourth-order valence-electron chi connectivity index (χ4n) is 2.88. The van der Waals surface area contributed by atoms with Gasteiger partial charge < -0.3 is 0 Å². The van der Waals surface area contributed by atoms with Crippen LogP contribution in [0.5, 0.6) is 0 Å². The molecule has 0 N–H and O–H groups in total. The molecule has 1 aromatic rings. The molecule has 15 heavy (non-hydrogen) atoms. The van der Waals surface area contributed by atoms with E-state index in [1.165, 1.54) is 31.2 Å². The van der Waals surface area contributed by atoms with Crippen molar-refractivity contribution in [1.82, 2.24) is 0 Å². The van der Waals surface area contributed by atoms with Gasteiger partial charge in [0.15, 0.2) is 0 Å². The van der Waals surface area contributed by atoms with Crippen LogP contribution in [-0.2, 0) is 0 Å². The molecule has 0 amide bonds. The van der Waals surface area contributed by atoms with Crippen molar-refractivity contribution >= 4 is 0 Å². The Hall–Kier alpha value is -1.30. The lowest BCUT2D eigenvalue weighted by molar-refractivity contribution is 0.612. The molecule has 0 radical (unpaired) electrons. The van der Waals surface area contributed by atoms with Crippen molar-refractivity contribution in [2.24, 2.45) is 0 Å². The Morgan fingerprint density at radius 3 is 2.80 bits per heavy atom. The van der Waals surface area contributed by atoms with E-state index in [9.17, 15) is 0 Å². The maximum Gasteiger partial charge on any atom is 0.00890 e. The molecule has 2 aliphatic carbocycles. The van der Waals surface area contributed by atoms with Crippen LogP contribution in [0, 0.1) is 0 Å². The highest BCUT2D eigenvalue weighted by Crippen LogP contribution is 2.41. The minimum absolute atomic E-state index is 0.675. The average molecular weight is 196 g/mol. The highest BCUT2D eigenvalue weighted by molar-refractivity contribution is 5.44. The Morgan fingerprint density at radius 2 is 1.93 bits per heavy atom. The zero-order valence-electron chi connectivity index (χ0n) is 8.95. The second-order valence-electron chi connectivity index (χ2n) is 4.52. The molecular weight excluding hydrogens is 180 g/mol. The summed E-state index contributed by atoms with van der Waals surface area (Å²) >= 11 is 0. The topological polar surface area (TPSA) is 0 Å². The van der Waals surface area contributed by atoms with Gasteiger partial charge in [-0.1, -0.05) is 48.1 Å². The van der Waals surface area contributed by atoms with Crippen molar-refractivity contribution in [3.63, 3.8) is 0 Å². The first-order valence-electron chi connectivity index (χ1n) is 5.88. The first-order valence-corrected chi connectivity index (χ1v) is 5.88. The molecule has 0 heterocycles. The zero-order valence-corrected chi connectivity index (χ0v) is 8.95. The third-order valence-electron chi connectivity index (χ3n) is 3.62. The standard InChI is InChI=1S/C15H16/c1-2-6-12(7-3-1)14-10-4-8-13-9-5-11-15(13)14/h1-3,5-7,11,14H,4,8-10H2/t14-/m0/s1. The SMILES string of the molecule is C1=CC2=C(C1)CCC[C@H]2c1ccccc1. The fourth-order valence-corrected chi connectivity index (χ4v) is 2.88. The Morgan fingerprint density at radius 1 is 1.07 bits per heavy atom. The minimum atomic E-state index is 0.675. The van der Waals surface area contributed by atoms with Crippen molar-refractivity contribution < 1.29 is 0 Å². The van der Waals surface area contributed by atoms with Crippen LogP contribution < -0.4 is 0 Å². The van der Waals surface area contributed by atoms with Crippen molar-refractivity contribution in [2.45, 2.75) is 31.6 Å². The molecule has 0 unspecified atom stereocenters. The molecule has 0 spiro atoms. The average Bonchev–Trinajstić information content (AvgIpc) is 2.78. The van der Waals surface area contributed by atoms with Gasteiger partial charge in [0, 0.05) is 5.92 Å². The molecule has 0 saturated carbocycles. The van der Waals surface area contributed by atoms with Crippen LogP contribution in [0.3, 0.4) is 0 Å². The molecule has 0 heteroatoms. The largest absolute Gasteiger partial charge is 0.0802 e. The maximum absolute atomic E-state index is 2.35. The summed E-state index contributed by atoms with van der Waals surface area (Å²) in [5.41, 5.74) is 4.80. The lowest BCUT2D eigenvalue weighted by Gasteiger charge is -2.24. The van der Waals surface area contributed by atoms with E-state index in [4.69, 9.17) is 0 Å². The molecule has 0 bridgehead atoms. The molecule has 0 fully saturated rings. The Kier molecular flexibility index (Phi) is 2.21. The summed E-state index contributed by atoms with van der Waals surface area (Å²) in [7, 11) is 0. The normalized spacial score (nSPS) is 24.4. The molecule has 0 saturated heterocycles. The van der Waals surface area contributed by atoms with Crippen LogP contribution in [0.15, 0.2) is 53.6 Å². The van der Waals surface area contributed by atoms with Crippen molar-refractivity contribution in [3.05, 3.63) is 59.2 Å². The number of allylic oxidation sites excluding steroid dienone is 4. The van der Waals surface area contributed by atoms with E-state index < -0.39 is 0 Å². The molecule has 76 valence electrons. The first kappa shape index (κ1) is 8.96. The highest BCUT2D eigenvalue weighted by atomic mass is 14.3. The molecule has 0 nitrogen and oxygen atoms in total.